The number of ether oxygens (including phenoxy) is 3. The van der Waals surface area contributed by atoms with Gasteiger partial charge in [0.1, 0.15) is 5.75 Å². The molecule has 0 aliphatic heterocycles. The summed E-state index contributed by atoms with van der Waals surface area (Å²) in [6, 6.07) is 15.5. The summed E-state index contributed by atoms with van der Waals surface area (Å²) in [7, 11) is 1.65. The van der Waals surface area contributed by atoms with Gasteiger partial charge in [-0.25, -0.2) is 0 Å². The molecule has 2 fully saturated rings. The molecule has 1 aromatic heterocycles. The lowest BCUT2D eigenvalue weighted by Crippen LogP contribution is -2.27. The van der Waals surface area contributed by atoms with E-state index >= 15 is 0 Å². The number of carbonyl (C=O) groups is 1. The number of methoxy groups -OCH3 is 1. The number of fused-ring (bicyclic) bond motifs is 2. The van der Waals surface area contributed by atoms with Gasteiger partial charge in [-0.3, -0.25) is 4.79 Å². The van der Waals surface area contributed by atoms with Crippen molar-refractivity contribution < 1.29 is 19.0 Å². The smallest absolute Gasteiger partial charge is 0.251 e. The van der Waals surface area contributed by atoms with E-state index in [1.54, 1.807) is 19.2 Å². The largest absolute Gasteiger partial charge is 0.497 e. The molecule has 5 rings (SSSR count). The number of anilines is 4. The van der Waals surface area contributed by atoms with Gasteiger partial charge in [-0.2, -0.15) is 15.0 Å². The normalized spacial score (nSPS) is 18.8. The summed E-state index contributed by atoms with van der Waals surface area (Å²) in [5.74, 6) is 3.46. The van der Waals surface area contributed by atoms with E-state index in [4.69, 9.17) is 19.9 Å². The van der Waals surface area contributed by atoms with Crippen molar-refractivity contribution in [1.82, 2.24) is 20.3 Å². The first-order valence-corrected chi connectivity index (χ1v) is 15.0. The number of amides is 1. The Morgan fingerprint density at radius 1 is 0.930 bits per heavy atom. The number of carbonyl (C=O) groups excluding carboxylic acids is 1. The van der Waals surface area contributed by atoms with Crippen molar-refractivity contribution in [3.05, 3.63) is 59.7 Å². The second-order valence-electron chi connectivity index (χ2n) is 10.9. The van der Waals surface area contributed by atoms with Gasteiger partial charge in [0.2, 0.25) is 17.8 Å². The number of benzene rings is 2. The number of aromatic nitrogens is 3. The molecule has 2 aliphatic carbocycles. The molecule has 230 valence electrons. The van der Waals surface area contributed by atoms with Crippen molar-refractivity contribution in [3.63, 3.8) is 0 Å². The van der Waals surface area contributed by atoms with Crippen molar-refractivity contribution in [3.8, 4) is 5.75 Å². The molecule has 2 aromatic carbocycles. The van der Waals surface area contributed by atoms with Crippen molar-refractivity contribution in [1.29, 1.82) is 0 Å². The van der Waals surface area contributed by atoms with Gasteiger partial charge < -0.3 is 41.2 Å². The first-order chi connectivity index (χ1) is 21.1. The average molecular weight is 591 g/mol. The van der Waals surface area contributed by atoms with Crippen LogP contribution in [0.25, 0.3) is 0 Å². The number of nitrogens with two attached hydrogens (primary N) is 1. The summed E-state index contributed by atoms with van der Waals surface area (Å²) in [6.07, 6.45) is 5.01. The summed E-state index contributed by atoms with van der Waals surface area (Å²) in [4.78, 5) is 26.8. The van der Waals surface area contributed by atoms with Gasteiger partial charge in [0.05, 0.1) is 33.5 Å². The molecule has 2 bridgehead atoms. The van der Waals surface area contributed by atoms with E-state index < -0.39 is 0 Å². The summed E-state index contributed by atoms with van der Waals surface area (Å²) in [5, 5.41) is 13.1. The van der Waals surface area contributed by atoms with Gasteiger partial charge in [-0.1, -0.05) is 24.6 Å². The fraction of sp³-hybridized carbons (Fsp3) is 0.484. The van der Waals surface area contributed by atoms with Gasteiger partial charge in [0, 0.05) is 36.9 Å². The van der Waals surface area contributed by atoms with Crippen LogP contribution in [0.15, 0.2) is 48.5 Å². The van der Waals surface area contributed by atoms with Crippen LogP contribution < -0.4 is 31.7 Å². The molecule has 3 aromatic rings. The van der Waals surface area contributed by atoms with Crippen molar-refractivity contribution in [2.75, 3.05) is 62.6 Å². The Kier molecular flexibility index (Phi) is 11.0. The summed E-state index contributed by atoms with van der Waals surface area (Å²) in [5.41, 5.74) is 7.67. The van der Waals surface area contributed by atoms with E-state index in [9.17, 15) is 4.79 Å². The third-order valence-corrected chi connectivity index (χ3v) is 7.84. The minimum atomic E-state index is -0.192. The molecule has 0 saturated heterocycles. The SMILES string of the molecule is COc1ccc(CNc2nc(Nc3cccc(C(=O)NCCOCCOCCN)c3)nc(NC3CC4CCC3C4)n2)cc1. The molecule has 1 amide bonds. The summed E-state index contributed by atoms with van der Waals surface area (Å²) in [6.45, 7) is 3.26. The van der Waals surface area contributed by atoms with Gasteiger partial charge in [0.15, 0.2) is 0 Å². The minimum Gasteiger partial charge on any atom is -0.497 e. The second-order valence-corrected chi connectivity index (χ2v) is 10.9. The van der Waals surface area contributed by atoms with Crippen LogP contribution in [0.2, 0.25) is 0 Å². The van der Waals surface area contributed by atoms with Crippen molar-refractivity contribution in [2.24, 2.45) is 17.6 Å². The highest BCUT2D eigenvalue weighted by molar-refractivity contribution is 5.95. The van der Waals surface area contributed by atoms with Gasteiger partial charge in [0.25, 0.3) is 5.91 Å². The highest BCUT2D eigenvalue weighted by Crippen LogP contribution is 2.45. The van der Waals surface area contributed by atoms with Gasteiger partial charge >= 0.3 is 0 Å². The molecule has 0 spiro atoms. The first-order valence-electron chi connectivity index (χ1n) is 15.0. The molecule has 2 aliphatic rings. The molecular weight excluding hydrogens is 548 g/mol. The Hall–Kier alpha value is -4.00. The Morgan fingerprint density at radius 2 is 1.72 bits per heavy atom. The molecule has 3 unspecified atom stereocenters. The number of nitrogens with one attached hydrogen (secondary N) is 4. The summed E-state index contributed by atoms with van der Waals surface area (Å²) >= 11 is 0. The fourth-order valence-corrected chi connectivity index (χ4v) is 5.70. The molecule has 6 N–H and O–H groups in total. The maximum absolute atomic E-state index is 12.7. The molecule has 3 atom stereocenters. The zero-order valence-corrected chi connectivity index (χ0v) is 24.7. The van der Waals surface area contributed by atoms with Crippen LogP contribution in [0.1, 0.15) is 41.6 Å². The van der Waals surface area contributed by atoms with Crippen LogP contribution in [0.5, 0.6) is 5.75 Å². The van der Waals surface area contributed by atoms with Gasteiger partial charge in [-0.05, 0) is 67.0 Å². The minimum absolute atomic E-state index is 0.192. The third-order valence-electron chi connectivity index (χ3n) is 7.84. The van der Waals surface area contributed by atoms with E-state index in [0.717, 1.165) is 23.7 Å². The molecule has 0 radical (unpaired) electrons. The molecule has 2 saturated carbocycles. The number of rotatable bonds is 17. The van der Waals surface area contributed by atoms with Crippen LogP contribution in [0.4, 0.5) is 23.5 Å². The Morgan fingerprint density at radius 3 is 2.47 bits per heavy atom. The molecule has 12 nitrogen and oxygen atoms in total. The van der Waals surface area contributed by atoms with Crippen molar-refractivity contribution in [2.45, 2.75) is 38.3 Å². The zero-order chi connectivity index (χ0) is 29.9. The monoisotopic (exact) mass is 590 g/mol. The van der Waals surface area contributed by atoms with Crippen LogP contribution in [-0.4, -0.2) is 73.5 Å². The second kappa shape index (κ2) is 15.5. The third kappa shape index (κ3) is 8.99. The lowest BCUT2D eigenvalue weighted by molar-refractivity contribution is 0.0511. The standard InChI is InChI=1S/C31H42N8O4/c1-41-26-9-6-21(7-10-26)20-34-29-37-30(39-31(38-29)36-27-18-22-5-8-23(27)17-22)35-25-4-2-3-24(19-25)28(40)33-12-14-43-16-15-42-13-11-32/h2-4,6-7,9-10,19,22-23,27H,5,8,11-18,20,32H2,1H3,(H,33,40)(H3,34,35,36,37,38,39). The fourth-order valence-electron chi connectivity index (χ4n) is 5.70. The number of hydrogen-bond acceptors (Lipinski definition) is 11. The van der Waals surface area contributed by atoms with E-state index in [0.29, 0.717) is 87.1 Å². The molecule has 12 heteroatoms. The van der Waals surface area contributed by atoms with Crippen molar-refractivity contribution >= 4 is 29.4 Å². The number of hydrogen-bond donors (Lipinski definition) is 5. The zero-order valence-electron chi connectivity index (χ0n) is 24.7. The van der Waals surface area contributed by atoms with E-state index in [-0.39, 0.29) is 5.91 Å². The first kappa shape index (κ1) is 30.5. The molecule has 1 heterocycles. The maximum atomic E-state index is 12.7. The van der Waals surface area contributed by atoms with Crippen LogP contribution >= 0.6 is 0 Å². The lowest BCUT2D eigenvalue weighted by atomic mass is 9.95. The molecule has 43 heavy (non-hydrogen) atoms. The topological polar surface area (TPSA) is 158 Å². The number of nitrogens with zero attached hydrogens (tertiary/aromatic N) is 3. The predicted molar refractivity (Wildman–Crippen MR) is 166 cm³/mol. The van der Waals surface area contributed by atoms with E-state index in [2.05, 4.69) is 36.2 Å². The van der Waals surface area contributed by atoms with Gasteiger partial charge in [-0.15, -0.1) is 0 Å². The average Bonchev–Trinajstić information content (AvgIpc) is 3.65. The van der Waals surface area contributed by atoms with E-state index in [1.165, 1.54) is 19.3 Å². The Balaban J connectivity index is 1.21. The van der Waals surface area contributed by atoms with Crippen LogP contribution in [0.3, 0.4) is 0 Å². The highest BCUT2D eigenvalue weighted by Gasteiger charge is 2.39. The highest BCUT2D eigenvalue weighted by atomic mass is 16.5. The quantitative estimate of drug-likeness (QED) is 0.146. The van der Waals surface area contributed by atoms with Crippen LogP contribution in [0, 0.1) is 11.8 Å². The maximum Gasteiger partial charge on any atom is 0.251 e. The predicted octanol–water partition coefficient (Wildman–Crippen LogP) is 3.56. The van der Waals surface area contributed by atoms with E-state index in [1.807, 2.05) is 36.4 Å². The summed E-state index contributed by atoms with van der Waals surface area (Å²) < 4.78 is 16.0. The Labute approximate surface area is 252 Å². The molecular formula is C31H42N8O4. The Bertz CT molecular complexity index is 1330. The lowest BCUT2D eigenvalue weighted by Gasteiger charge is -2.23. The van der Waals surface area contributed by atoms with Crippen LogP contribution in [-0.2, 0) is 16.0 Å².